The molecule has 0 fully saturated rings. The zero-order valence-electron chi connectivity index (χ0n) is 20.0. The van der Waals surface area contributed by atoms with Crippen LogP contribution in [0.2, 0.25) is 0 Å². The molecule has 0 amide bonds. The SMILES string of the molecule is CCCCc1nc(CCc2ccccc2)nn1Cc1ccc(Cn2cccc2-c2nnn[nH]2)cc1. The van der Waals surface area contributed by atoms with Gasteiger partial charge in [-0.05, 0) is 52.1 Å². The number of hydrogen-bond donors (Lipinski definition) is 1. The van der Waals surface area contributed by atoms with Crippen LogP contribution in [-0.4, -0.2) is 40.0 Å². The molecule has 178 valence electrons. The molecular formula is C27H30N8. The minimum atomic E-state index is 0.667. The first-order valence-electron chi connectivity index (χ1n) is 12.2. The van der Waals surface area contributed by atoms with Crippen molar-refractivity contribution in [2.75, 3.05) is 0 Å². The van der Waals surface area contributed by atoms with Crippen LogP contribution in [0.4, 0.5) is 0 Å². The Labute approximate surface area is 205 Å². The molecule has 5 aromatic rings. The molecule has 8 nitrogen and oxygen atoms in total. The summed E-state index contributed by atoms with van der Waals surface area (Å²) in [5.74, 6) is 2.68. The van der Waals surface area contributed by atoms with Crippen LogP contribution in [0.5, 0.6) is 0 Å². The van der Waals surface area contributed by atoms with Crippen molar-refractivity contribution in [1.82, 2.24) is 40.0 Å². The Hall–Kier alpha value is -4.07. The number of tetrazole rings is 1. The van der Waals surface area contributed by atoms with E-state index < -0.39 is 0 Å². The predicted octanol–water partition coefficient (Wildman–Crippen LogP) is 4.48. The van der Waals surface area contributed by atoms with Crippen LogP contribution >= 0.6 is 0 Å². The molecule has 0 spiro atoms. The largest absolute Gasteiger partial charge is 0.340 e. The second-order valence-corrected chi connectivity index (χ2v) is 8.78. The van der Waals surface area contributed by atoms with Crippen molar-refractivity contribution in [1.29, 1.82) is 0 Å². The third-order valence-corrected chi connectivity index (χ3v) is 6.15. The van der Waals surface area contributed by atoms with E-state index in [1.165, 1.54) is 16.7 Å². The molecule has 0 saturated heterocycles. The van der Waals surface area contributed by atoms with E-state index in [2.05, 4.69) is 91.4 Å². The molecule has 0 radical (unpaired) electrons. The lowest BCUT2D eigenvalue weighted by atomic mass is 10.1. The maximum Gasteiger partial charge on any atom is 0.196 e. The molecule has 8 heteroatoms. The normalized spacial score (nSPS) is 11.2. The van der Waals surface area contributed by atoms with E-state index in [-0.39, 0.29) is 0 Å². The molecule has 1 N–H and O–H groups in total. The summed E-state index contributed by atoms with van der Waals surface area (Å²) in [4.78, 5) is 4.89. The van der Waals surface area contributed by atoms with Gasteiger partial charge in [0, 0.05) is 25.6 Å². The number of rotatable bonds is 11. The Balaban J connectivity index is 1.27. The Kier molecular flexibility index (Phi) is 7.07. The van der Waals surface area contributed by atoms with Crippen LogP contribution in [-0.2, 0) is 32.4 Å². The topological polar surface area (TPSA) is 90.1 Å². The van der Waals surface area contributed by atoms with Gasteiger partial charge in [0.15, 0.2) is 11.6 Å². The van der Waals surface area contributed by atoms with Gasteiger partial charge < -0.3 is 4.57 Å². The summed E-state index contributed by atoms with van der Waals surface area (Å²) in [7, 11) is 0. The molecule has 0 atom stereocenters. The van der Waals surface area contributed by atoms with E-state index in [1.807, 2.05) is 18.3 Å². The summed E-state index contributed by atoms with van der Waals surface area (Å²) in [5.41, 5.74) is 4.72. The van der Waals surface area contributed by atoms with E-state index in [4.69, 9.17) is 10.1 Å². The molecule has 2 aromatic carbocycles. The van der Waals surface area contributed by atoms with E-state index >= 15 is 0 Å². The van der Waals surface area contributed by atoms with Crippen molar-refractivity contribution in [3.63, 3.8) is 0 Å². The first-order chi connectivity index (χ1) is 17.3. The summed E-state index contributed by atoms with van der Waals surface area (Å²) in [6, 6.07) is 23.3. The number of aromatic nitrogens is 8. The van der Waals surface area contributed by atoms with Crippen LogP contribution in [0.3, 0.4) is 0 Å². The van der Waals surface area contributed by atoms with Gasteiger partial charge in [0.05, 0.1) is 12.2 Å². The highest BCUT2D eigenvalue weighted by molar-refractivity contribution is 5.49. The van der Waals surface area contributed by atoms with Crippen LogP contribution in [0.15, 0.2) is 72.9 Å². The maximum atomic E-state index is 4.89. The third-order valence-electron chi connectivity index (χ3n) is 6.15. The summed E-state index contributed by atoms with van der Waals surface area (Å²) in [6.07, 6.45) is 7.08. The number of hydrogen-bond acceptors (Lipinski definition) is 5. The Bertz CT molecular complexity index is 1320. The fourth-order valence-corrected chi connectivity index (χ4v) is 4.23. The van der Waals surface area contributed by atoms with Gasteiger partial charge in [-0.1, -0.05) is 67.9 Å². The van der Waals surface area contributed by atoms with Crippen molar-refractivity contribution >= 4 is 0 Å². The first-order valence-corrected chi connectivity index (χ1v) is 12.2. The van der Waals surface area contributed by atoms with Gasteiger partial charge in [-0.3, -0.25) is 0 Å². The molecule has 0 aliphatic rings. The Morgan fingerprint density at radius 3 is 2.34 bits per heavy atom. The van der Waals surface area contributed by atoms with Crippen molar-refractivity contribution in [3.05, 3.63) is 101 Å². The lowest BCUT2D eigenvalue weighted by Gasteiger charge is -2.09. The highest BCUT2D eigenvalue weighted by atomic mass is 15.5. The van der Waals surface area contributed by atoms with E-state index in [0.29, 0.717) is 5.82 Å². The van der Waals surface area contributed by atoms with Crippen LogP contribution in [0.1, 0.15) is 48.1 Å². The average molecular weight is 467 g/mol. The lowest BCUT2D eigenvalue weighted by molar-refractivity contribution is 0.613. The van der Waals surface area contributed by atoms with Gasteiger partial charge >= 0.3 is 0 Å². The van der Waals surface area contributed by atoms with Crippen molar-refractivity contribution in [3.8, 4) is 11.5 Å². The minimum absolute atomic E-state index is 0.667. The standard InChI is InChI=1S/C27H30N8/c1-2-3-11-26-28-25(17-16-21-8-5-4-6-9-21)31-35(26)20-23-14-12-22(13-15-23)19-34-18-7-10-24(34)27-29-32-33-30-27/h4-10,12-15,18H,2-3,11,16-17,19-20H2,1H3,(H,29,30,32,33). The van der Waals surface area contributed by atoms with Crippen molar-refractivity contribution in [2.45, 2.75) is 52.1 Å². The average Bonchev–Trinajstić information content (AvgIpc) is 3.65. The molecule has 0 aliphatic heterocycles. The molecule has 0 bridgehead atoms. The number of nitrogens with one attached hydrogen (secondary N) is 1. The second-order valence-electron chi connectivity index (χ2n) is 8.78. The zero-order valence-corrected chi connectivity index (χ0v) is 20.0. The van der Waals surface area contributed by atoms with Gasteiger partial charge in [0.1, 0.15) is 5.82 Å². The summed E-state index contributed by atoms with van der Waals surface area (Å²) >= 11 is 0. The number of unbranched alkanes of at least 4 members (excludes halogenated alkanes) is 1. The van der Waals surface area contributed by atoms with Gasteiger partial charge in [-0.15, -0.1) is 5.10 Å². The van der Waals surface area contributed by atoms with Gasteiger partial charge in [0.2, 0.25) is 0 Å². The number of H-pyrrole nitrogens is 1. The number of aryl methyl sites for hydroxylation is 3. The monoisotopic (exact) mass is 466 g/mol. The fourth-order valence-electron chi connectivity index (χ4n) is 4.23. The zero-order chi connectivity index (χ0) is 23.9. The summed E-state index contributed by atoms with van der Waals surface area (Å²) in [6.45, 7) is 3.69. The predicted molar refractivity (Wildman–Crippen MR) is 135 cm³/mol. The van der Waals surface area contributed by atoms with E-state index in [9.17, 15) is 0 Å². The molecular weight excluding hydrogens is 436 g/mol. The lowest BCUT2D eigenvalue weighted by Crippen LogP contribution is -2.08. The van der Waals surface area contributed by atoms with Gasteiger partial charge in [-0.2, -0.15) is 5.10 Å². The third kappa shape index (κ3) is 5.71. The first kappa shape index (κ1) is 22.7. The number of nitrogens with zero attached hydrogens (tertiary/aromatic N) is 7. The van der Waals surface area contributed by atoms with Gasteiger partial charge in [0.25, 0.3) is 0 Å². The maximum absolute atomic E-state index is 4.89. The van der Waals surface area contributed by atoms with Crippen LogP contribution < -0.4 is 0 Å². The highest BCUT2D eigenvalue weighted by Gasteiger charge is 2.12. The molecule has 0 saturated carbocycles. The highest BCUT2D eigenvalue weighted by Crippen LogP contribution is 2.17. The second kappa shape index (κ2) is 10.9. The quantitative estimate of drug-likeness (QED) is 0.310. The summed E-state index contributed by atoms with van der Waals surface area (Å²) < 4.78 is 4.22. The Morgan fingerprint density at radius 1 is 0.800 bits per heavy atom. The number of benzene rings is 2. The van der Waals surface area contributed by atoms with E-state index in [1.54, 1.807) is 0 Å². The van der Waals surface area contributed by atoms with Crippen molar-refractivity contribution < 1.29 is 0 Å². The molecule has 3 aromatic heterocycles. The smallest absolute Gasteiger partial charge is 0.196 e. The molecule has 35 heavy (non-hydrogen) atoms. The molecule has 0 unspecified atom stereocenters. The molecule has 5 rings (SSSR count). The fraction of sp³-hybridized carbons (Fsp3) is 0.296. The van der Waals surface area contributed by atoms with Crippen LogP contribution in [0, 0.1) is 0 Å². The summed E-state index contributed by atoms with van der Waals surface area (Å²) in [5, 5.41) is 19.1. The Morgan fingerprint density at radius 2 is 1.60 bits per heavy atom. The van der Waals surface area contributed by atoms with Crippen LogP contribution in [0.25, 0.3) is 11.5 Å². The van der Waals surface area contributed by atoms with Gasteiger partial charge in [-0.25, -0.2) is 14.8 Å². The van der Waals surface area contributed by atoms with E-state index in [0.717, 1.165) is 62.5 Å². The minimum Gasteiger partial charge on any atom is -0.340 e. The molecule has 3 heterocycles. The number of aromatic amines is 1. The van der Waals surface area contributed by atoms with Crippen molar-refractivity contribution in [2.24, 2.45) is 0 Å². The molecule has 0 aliphatic carbocycles.